The van der Waals surface area contributed by atoms with Gasteiger partial charge in [0.25, 0.3) is 0 Å². The van der Waals surface area contributed by atoms with Gasteiger partial charge in [0.15, 0.2) is 6.10 Å². The third kappa shape index (κ3) is 58.9. The van der Waals surface area contributed by atoms with E-state index in [9.17, 15) is 14.4 Å². The summed E-state index contributed by atoms with van der Waals surface area (Å²) in [6.45, 7) is 6.64. The number of unbranched alkanes of at least 4 members (excludes halogenated alkanes) is 47. The number of allylic oxidation sites excluding steroid dienone is 2. The monoisotopic (exact) mass is 1000 g/mol. The van der Waals surface area contributed by atoms with Crippen molar-refractivity contribution < 1.29 is 28.6 Å². The molecule has 0 fully saturated rings. The lowest BCUT2D eigenvalue weighted by molar-refractivity contribution is -0.167. The third-order valence-corrected chi connectivity index (χ3v) is 14.8. The highest BCUT2D eigenvalue weighted by Crippen LogP contribution is 2.18. The Balaban J connectivity index is 3.94. The smallest absolute Gasteiger partial charge is 0.306 e. The van der Waals surface area contributed by atoms with Crippen LogP contribution in [0.4, 0.5) is 0 Å². The van der Waals surface area contributed by atoms with Crippen LogP contribution < -0.4 is 0 Å². The number of carbonyl (C=O) groups excluding carboxylic acids is 3. The van der Waals surface area contributed by atoms with Crippen LogP contribution in [0, 0.1) is 0 Å². The predicted octanol–water partition coefficient (Wildman–Crippen LogP) is 21.7. The van der Waals surface area contributed by atoms with Crippen molar-refractivity contribution in [2.45, 2.75) is 374 Å². The maximum Gasteiger partial charge on any atom is 0.306 e. The van der Waals surface area contributed by atoms with E-state index in [0.717, 1.165) is 57.8 Å². The van der Waals surface area contributed by atoms with Gasteiger partial charge in [-0.2, -0.15) is 0 Å². The van der Waals surface area contributed by atoms with E-state index in [1.165, 1.54) is 270 Å². The van der Waals surface area contributed by atoms with E-state index in [4.69, 9.17) is 14.2 Å². The molecule has 0 aromatic rings. The maximum absolute atomic E-state index is 12.8. The molecule has 0 heterocycles. The first-order chi connectivity index (χ1) is 35.0. The second kappa shape index (κ2) is 60.7. The number of ether oxygens (including phenoxy) is 3. The molecule has 6 nitrogen and oxygen atoms in total. The van der Waals surface area contributed by atoms with Crippen LogP contribution in [0.5, 0.6) is 0 Å². The third-order valence-electron chi connectivity index (χ3n) is 14.8. The van der Waals surface area contributed by atoms with Gasteiger partial charge in [-0.1, -0.05) is 315 Å². The molecule has 0 amide bonds. The van der Waals surface area contributed by atoms with Gasteiger partial charge in [-0.25, -0.2) is 0 Å². The molecule has 0 radical (unpaired) electrons. The van der Waals surface area contributed by atoms with Crippen LogP contribution in [0.3, 0.4) is 0 Å². The number of rotatable bonds is 60. The summed E-state index contributed by atoms with van der Waals surface area (Å²) in [5.41, 5.74) is 0. The molecule has 6 heteroatoms. The van der Waals surface area contributed by atoms with E-state index >= 15 is 0 Å². The second-order valence-corrected chi connectivity index (χ2v) is 22.0. The molecule has 0 N–H and O–H groups in total. The summed E-state index contributed by atoms with van der Waals surface area (Å²) in [6, 6.07) is 0. The van der Waals surface area contributed by atoms with Gasteiger partial charge >= 0.3 is 17.9 Å². The van der Waals surface area contributed by atoms with Crippen molar-refractivity contribution in [3.63, 3.8) is 0 Å². The minimum Gasteiger partial charge on any atom is -0.462 e. The van der Waals surface area contributed by atoms with Crippen LogP contribution in [0.2, 0.25) is 0 Å². The Morgan fingerprint density at radius 3 is 0.704 bits per heavy atom. The van der Waals surface area contributed by atoms with Crippen LogP contribution in [-0.2, 0) is 28.6 Å². The second-order valence-electron chi connectivity index (χ2n) is 22.0. The molecule has 1 unspecified atom stereocenters. The SMILES string of the molecule is CCCCCCCC/C=C\CCCCCCCCCC(=O)OC(COC(=O)CCCCCCCC)COC(=O)CCCCCCCCCCCCCCCCCCCCCCCCCCCCCCCC. The summed E-state index contributed by atoms with van der Waals surface area (Å²) in [5.74, 6) is -0.857. The molecular weight excluding hydrogens is 877 g/mol. The van der Waals surface area contributed by atoms with Crippen LogP contribution in [-0.4, -0.2) is 37.2 Å². The minimum atomic E-state index is -0.766. The Labute approximate surface area is 443 Å². The Morgan fingerprint density at radius 1 is 0.268 bits per heavy atom. The highest BCUT2D eigenvalue weighted by atomic mass is 16.6. The predicted molar refractivity (Wildman–Crippen MR) is 307 cm³/mol. The molecule has 420 valence electrons. The van der Waals surface area contributed by atoms with E-state index in [2.05, 4.69) is 32.9 Å². The fourth-order valence-corrected chi connectivity index (χ4v) is 9.91. The Bertz CT molecular complexity index is 1100. The van der Waals surface area contributed by atoms with E-state index in [1.807, 2.05) is 0 Å². The van der Waals surface area contributed by atoms with Crippen molar-refractivity contribution in [2.75, 3.05) is 13.2 Å². The van der Waals surface area contributed by atoms with Gasteiger partial charge < -0.3 is 14.2 Å². The highest BCUT2D eigenvalue weighted by Gasteiger charge is 2.19. The Kier molecular flexibility index (Phi) is 59.1. The quantitative estimate of drug-likeness (QED) is 0.0261. The maximum atomic E-state index is 12.8. The van der Waals surface area contributed by atoms with Gasteiger partial charge in [-0.3, -0.25) is 14.4 Å². The summed E-state index contributed by atoms with van der Waals surface area (Å²) < 4.78 is 16.8. The number of esters is 3. The molecule has 0 aliphatic rings. The van der Waals surface area contributed by atoms with Crippen molar-refractivity contribution in [3.05, 3.63) is 12.2 Å². The first kappa shape index (κ1) is 69.2. The summed E-state index contributed by atoms with van der Waals surface area (Å²) >= 11 is 0. The first-order valence-electron chi connectivity index (χ1n) is 32.2. The molecule has 0 saturated carbocycles. The van der Waals surface area contributed by atoms with E-state index in [0.29, 0.717) is 19.3 Å². The van der Waals surface area contributed by atoms with Crippen molar-refractivity contribution >= 4 is 17.9 Å². The van der Waals surface area contributed by atoms with Gasteiger partial charge in [-0.05, 0) is 44.9 Å². The molecule has 0 rings (SSSR count). The van der Waals surface area contributed by atoms with Gasteiger partial charge in [0.2, 0.25) is 0 Å². The molecule has 1 atom stereocenters. The number of hydrogen-bond acceptors (Lipinski definition) is 6. The van der Waals surface area contributed by atoms with Crippen LogP contribution >= 0.6 is 0 Å². The standard InChI is InChI=1S/C65H124O6/c1-4-7-10-13-16-18-20-22-24-26-27-28-29-30-31-32-33-34-35-36-37-38-40-41-43-45-47-49-52-55-58-64(67)70-61-62(60-69-63(66)57-54-51-15-12-9-6-3)71-65(68)59-56-53-50-48-46-44-42-39-25-23-21-19-17-14-11-8-5-2/h23,25,62H,4-22,24,26-61H2,1-3H3/b25-23-. The van der Waals surface area contributed by atoms with E-state index < -0.39 is 6.10 Å². The van der Waals surface area contributed by atoms with Crippen LogP contribution in [0.15, 0.2) is 12.2 Å². The van der Waals surface area contributed by atoms with E-state index in [-0.39, 0.29) is 31.1 Å². The fourth-order valence-electron chi connectivity index (χ4n) is 9.91. The van der Waals surface area contributed by atoms with Crippen molar-refractivity contribution in [2.24, 2.45) is 0 Å². The molecule has 0 bridgehead atoms. The van der Waals surface area contributed by atoms with Crippen LogP contribution in [0.25, 0.3) is 0 Å². The first-order valence-corrected chi connectivity index (χ1v) is 32.2. The Hall–Kier alpha value is -1.85. The zero-order valence-corrected chi connectivity index (χ0v) is 48.3. The molecule has 0 aromatic carbocycles. The Morgan fingerprint density at radius 2 is 0.465 bits per heavy atom. The van der Waals surface area contributed by atoms with Crippen molar-refractivity contribution in [3.8, 4) is 0 Å². The zero-order valence-electron chi connectivity index (χ0n) is 48.3. The topological polar surface area (TPSA) is 78.9 Å². The van der Waals surface area contributed by atoms with Crippen LogP contribution in [0.1, 0.15) is 367 Å². The lowest BCUT2D eigenvalue weighted by Crippen LogP contribution is -2.30. The van der Waals surface area contributed by atoms with Crippen molar-refractivity contribution in [1.82, 2.24) is 0 Å². The normalized spacial score (nSPS) is 12.0. The number of hydrogen-bond donors (Lipinski definition) is 0. The molecule has 0 saturated heterocycles. The zero-order chi connectivity index (χ0) is 51.4. The summed E-state index contributed by atoms with van der Waals surface area (Å²) in [5, 5.41) is 0. The average molecular weight is 1000 g/mol. The average Bonchev–Trinajstić information content (AvgIpc) is 3.37. The number of carbonyl (C=O) groups is 3. The fraction of sp³-hybridized carbons (Fsp3) is 0.923. The molecule has 0 aliphatic heterocycles. The molecule has 0 aliphatic carbocycles. The lowest BCUT2D eigenvalue weighted by Gasteiger charge is -2.18. The lowest BCUT2D eigenvalue weighted by atomic mass is 10.0. The van der Waals surface area contributed by atoms with Gasteiger partial charge in [-0.15, -0.1) is 0 Å². The summed E-state index contributed by atoms with van der Waals surface area (Å²) in [4.78, 5) is 37.9. The van der Waals surface area contributed by atoms with Gasteiger partial charge in [0.1, 0.15) is 13.2 Å². The van der Waals surface area contributed by atoms with Crippen molar-refractivity contribution in [1.29, 1.82) is 0 Å². The minimum absolute atomic E-state index is 0.0668. The van der Waals surface area contributed by atoms with Gasteiger partial charge in [0, 0.05) is 19.3 Å². The van der Waals surface area contributed by atoms with E-state index in [1.54, 1.807) is 0 Å². The molecule has 0 aromatic heterocycles. The summed E-state index contributed by atoms with van der Waals surface area (Å²) in [7, 11) is 0. The molecule has 0 spiro atoms. The largest absolute Gasteiger partial charge is 0.462 e. The molecule has 71 heavy (non-hydrogen) atoms. The molecular formula is C65H124O6. The van der Waals surface area contributed by atoms with Gasteiger partial charge in [0.05, 0.1) is 0 Å². The highest BCUT2D eigenvalue weighted by molar-refractivity contribution is 5.71. The summed E-state index contributed by atoms with van der Waals surface area (Å²) in [6.07, 6.45) is 71.3.